The van der Waals surface area contributed by atoms with Crippen molar-refractivity contribution in [2.24, 2.45) is 5.73 Å². The summed E-state index contributed by atoms with van der Waals surface area (Å²) < 4.78 is 19.9. The molecule has 0 radical (unpaired) electrons. The molecule has 104 valence electrons. The lowest BCUT2D eigenvalue weighted by Gasteiger charge is -2.40. The van der Waals surface area contributed by atoms with E-state index >= 15 is 0 Å². The van der Waals surface area contributed by atoms with Crippen molar-refractivity contribution in [3.63, 3.8) is 0 Å². The highest BCUT2D eigenvalue weighted by molar-refractivity contribution is 5.57. The highest BCUT2D eigenvalue weighted by Crippen LogP contribution is 2.36. The van der Waals surface area contributed by atoms with E-state index in [0.717, 1.165) is 31.7 Å². The van der Waals surface area contributed by atoms with Crippen LogP contribution in [0, 0.1) is 5.82 Å². The van der Waals surface area contributed by atoms with E-state index in [1.807, 2.05) is 13.0 Å². The molecule has 19 heavy (non-hydrogen) atoms. The zero-order valence-corrected chi connectivity index (χ0v) is 11.3. The van der Waals surface area contributed by atoms with Gasteiger partial charge >= 0.3 is 0 Å². The number of ether oxygens (including phenoxy) is 1. The Bertz CT molecular complexity index is 463. The molecule has 3 nitrogen and oxygen atoms in total. The number of rotatable bonds is 2. The van der Waals surface area contributed by atoms with E-state index in [9.17, 15) is 4.39 Å². The minimum Gasteiger partial charge on any atom is -0.374 e. The maximum Gasteiger partial charge on any atom is 0.130 e. The van der Waals surface area contributed by atoms with Gasteiger partial charge in [0.05, 0.1) is 18.8 Å². The molecule has 1 aliphatic carbocycles. The SMILES string of the molecule is CC(N)c1c(F)cccc1N1CCOC2CCCC21. The summed E-state index contributed by atoms with van der Waals surface area (Å²) in [6.07, 6.45) is 3.73. The van der Waals surface area contributed by atoms with Crippen molar-refractivity contribution in [2.75, 3.05) is 18.1 Å². The fourth-order valence-corrected chi connectivity index (χ4v) is 3.45. The van der Waals surface area contributed by atoms with Crippen LogP contribution in [0.5, 0.6) is 0 Å². The fraction of sp³-hybridized carbons (Fsp3) is 0.600. The summed E-state index contributed by atoms with van der Waals surface area (Å²) in [6, 6.07) is 5.35. The number of fused-ring (bicyclic) bond motifs is 1. The van der Waals surface area contributed by atoms with Gasteiger partial charge < -0.3 is 15.4 Å². The van der Waals surface area contributed by atoms with E-state index in [1.54, 1.807) is 6.07 Å². The van der Waals surface area contributed by atoms with Crippen molar-refractivity contribution < 1.29 is 9.13 Å². The second-order valence-corrected chi connectivity index (χ2v) is 5.56. The second kappa shape index (κ2) is 5.10. The largest absolute Gasteiger partial charge is 0.374 e. The first-order valence-electron chi connectivity index (χ1n) is 7.10. The molecule has 1 saturated carbocycles. The first kappa shape index (κ1) is 12.9. The number of anilines is 1. The molecular weight excluding hydrogens is 243 g/mol. The van der Waals surface area contributed by atoms with Crippen molar-refractivity contribution in [3.05, 3.63) is 29.6 Å². The van der Waals surface area contributed by atoms with E-state index in [-0.39, 0.29) is 11.9 Å². The molecule has 0 spiro atoms. The third-order valence-electron chi connectivity index (χ3n) is 4.28. The van der Waals surface area contributed by atoms with Gasteiger partial charge in [-0.1, -0.05) is 6.07 Å². The summed E-state index contributed by atoms with van der Waals surface area (Å²) in [5.41, 5.74) is 7.55. The number of nitrogens with two attached hydrogens (primary N) is 1. The number of morpholine rings is 1. The number of hydrogen-bond donors (Lipinski definition) is 1. The Morgan fingerprint density at radius 2 is 2.26 bits per heavy atom. The third kappa shape index (κ3) is 2.23. The lowest BCUT2D eigenvalue weighted by atomic mass is 10.0. The molecule has 0 aromatic heterocycles. The average molecular weight is 264 g/mol. The van der Waals surface area contributed by atoms with Crippen LogP contribution in [0.15, 0.2) is 18.2 Å². The van der Waals surface area contributed by atoms with E-state index < -0.39 is 0 Å². The molecule has 3 rings (SSSR count). The van der Waals surface area contributed by atoms with Crippen molar-refractivity contribution in [1.29, 1.82) is 0 Å². The molecule has 4 heteroatoms. The van der Waals surface area contributed by atoms with Gasteiger partial charge in [-0.05, 0) is 38.3 Å². The quantitative estimate of drug-likeness (QED) is 0.892. The zero-order chi connectivity index (χ0) is 13.4. The molecule has 2 aliphatic rings. The van der Waals surface area contributed by atoms with Gasteiger partial charge in [-0.25, -0.2) is 4.39 Å². The maximum absolute atomic E-state index is 14.1. The third-order valence-corrected chi connectivity index (χ3v) is 4.28. The fourth-order valence-electron chi connectivity index (χ4n) is 3.45. The lowest BCUT2D eigenvalue weighted by molar-refractivity contribution is 0.0255. The van der Waals surface area contributed by atoms with Crippen molar-refractivity contribution in [3.8, 4) is 0 Å². The Morgan fingerprint density at radius 3 is 3.05 bits per heavy atom. The monoisotopic (exact) mass is 264 g/mol. The molecule has 3 unspecified atom stereocenters. The van der Waals surface area contributed by atoms with Crippen LogP contribution in [0.25, 0.3) is 0 Å². The Kier molecular flexibility index (Phi) is 3.46. The number of hydrogen-bond acceptors (Lipinski definition) is 3. The number of nitrogens with zero attached hydrogens (tertiary/aromatic N) is 1. The van der Waals surface area contributed by atoms with E-state index in [2.05, 4.69) is 4.90 Å². The molecule has 1 heterocycles. The predicted molar refractivity (Wildman–Crippen MR) is 73.7 cm³/mol. The normalized spacial score (nSPS) is 28.3. The van der Waals surface area contributed by atoms with Crippen molar-refractivity contribution in [2.45, 2.75) is 44.4 Å². The Labute approximate surface area is 113 Å². The van der Waals surface area contributed by atoms with Crippen molar-refractivity contribution >= 4 is 5.69 Å². The first-order valence-corrected chi connectivity index (χ1v) is 7.10. The van der Waals surface area contributed by atoms with Gasteiger partial charge in [0.15, 0.2) is 0 Å². The molecule has 1 saturated heterocycles. The standard InChI is InChI=1S/C15H21FN2O/c1-10(17)15-11(16)4-2-6-13(15)18-8-9-19-14-7-3-5-12(14)18/h2,4,6,10,12,14H,3,5,7-9,17H2,1H3. The predicted octanol–water partition coefficient (Wildman–Crippen LogP) is 2.60. The molecule has 1 aliphatic heterocycles. The Morgan fingerprint density at radius 1 is 1.42 bits per heavy atom. The first-order chi connectivity index (χ1) is 9.18. The molecule has 1 aromatic carbocycles. The molecule has 0 bridgehead atoms. The van der Waals surface area contributed by atoms with Crippen LogP contribution in [0.4, 0.5) is 10.1 Å². The summed E-state index contributed by atoms with van der Waals surface area (Å²) >= 11 is 0. The second-order valence-electron chi connectivity index (χ2n) is 5.56. The van der Waals surface area contributed by atoms with Gasteiger partial charge in [0.2, 0.25) is 0 Å². The van der Waals surface area contributed by atoms with E-state index in [1.165, 1.54) is 12.5 Å². The highest BCUT2D eigenvalue weighted by atomic mass is 19.1. The van der Waals surface area contributed by atoms with Crippen molar-refractivity contribution in [1.82, 2.24) is 0 Å². The minimum atomic E-state index is -0.293. The van der Waals surface area contributed by atoms with Gasteiger partial charge in [0.1, 0.15) is 5.82 Å². The van der Waals surface area contributed by atoms with Crippen LogP contribution in [0.3, 0.4) is 0 Å². The van der Waals surface area contributed by atoms with Gasteiger partial charge in [0.25, 0.3) is 0 Å². The molecule has 2 N–H and O–H groups in total. The topological polar surface area (TPSA) is 38.5 Å². The highest BCUT2D eigenvalue weighted by Gasteiger charge is 2.37. The Balaban J connectivity index is 1.99. The van der Waals surface area contributed by atoms with Gasteiger partial charge in [-0.3, -0.25) is 0 Å². The van der Waals surface area contributed by atoms with Crippen LogP contribution in [0.2, 0.25) is 0 Å². The number of benzene rings is 1. The summed E-state index contributed by atoms with van der Waals surface area (Å²) in [6.45, 7) is 3.38. The average Bonchev–Trinajstić information content (AvgIpc) is 2.85. The summed E-state index contributed by atoms with van der Waals surface area (Å²) in [5, 5.41) is 0. The summed E-state index contributed by atoms with van der Waals surface area (Å²) in [7, 11) is 0. The lowest BCUT2D eigenvalue weighted by Crippen LogP contribution is -2.49. The van der Waals surface area contributed by atoms with Crippen LogP contribution in [-0.2, 0) is 4.74 Å². The van der Waals surface area contributed by atoms with Gasteiger partial charge in [0, 0.05) is 23.8 Å². The van der Waals surface area contributed by atoms with Gasteiger partial charge in [-0.2, -0.15) is 0 Å². The molecular formula is C15H21FN2O. The maximum atomic E-state index is 14.1. The Hall–Kier alpha value is -1.13. The van der Waals surface area contributed by atoms with E-state index in [4.69, 9.17) is 10.5 Å². The smallest absolute Gasteiger partial charge is 0.130 e. The molecule has 3 atom stereocenters. The molecule has 2 fully saturated rings. The zero-order valence-electron chi connectivity index (χ0n) is 11.3. The van der Waals surface area contributed by atoms with Crippen LogP contribution < -0.4 is 10.6 Å². The summed E-state index contributed by atoms with van der Waals surface area (Å²) in [4.78, 5) is 2.31. The van der Waals surface area contributed by atoms with Crippen LogP contribution >= 0.6 is 0 Å². The number of halogens is 1. The van der Waals surface area contributed by atoms with Crippen LogP contribution in [0.1, 0.15) is 37.8 Å². The molecule has 0 amide bonds. The minimum absolute atomic E-state index is 0.200. The van der Waals surface area contributed by atoms with Crippen LogP contribution in [-0.4, -0.2) is 25.3 Å². The van der Waals surface area contributed by atoms with Gasteiger partial charge in [-0.15, -0.1) is 0 Å². The summed E-state index contributed by atoms with van der Waals surface area (Å²) in [5.74, 6) is -0.200. The molecule has 1 aromatic rings. The van der Waals surface area contributed by atoms with E-state index in [0.29, 0.717) is 17.7 Å².